The van der Waals surface area contributed by atoms with Crippen LogP contribution in [0.2, 0.25) is 0 Å². The van der Waals surface area contributed by atoms with Crippen LogP contribution >= 0.6 is 0 Å². The fourth-order valence-corrected chi connectivity index (χ4v) is 1.48. The van der Waals surface area contributed by atoms with E-state index in [1.54, 1.807) is 0 Å². The molecular formula is C14H21NO3. The lowest BCUT2D eigenvalue weighted by Gasteiger charge is -2.15. The van der Waals surface area contributed by atoms with Crippen molar-refractivity contribution in [3.05, 3.63) is 24.3 Å². The number of carboxylic acid groups (broad SMARTS) is 1. The first-order valence-electron chi connectivity index (χ1n) is 6.25. The van der Waals surface area contributed by atoms with Gasteiger partial charge in [-0.25, -0.2) is 4.79 Å². The molecule has 0 aliphatic heterocycles. The molecule has 100 valence electrons. The maximum atomic E-state index is 10.9. The predicted molar refractivity (Wildman–Crippen MR) is 72.1 cm³/mol. The summed E-state index contributed by atoms with van der Waals surface area (Å²) in [5.41, 5.74) is 0.769. The van der Waals surface area contributed by atoms with Crippen molar-refractivity contribution in [2.75, 3.05) is 11.9 Å². The zero-order valence-electron chi connectivity index (χ0n) is 11.1. The summed E-state index contributed by atoms with van der Waals surface area (Å²) in [6.07, 6.45) is 0.534. The summed E-state index contributed by atoms with van der Waals surface area (Å²) >= 11 is 0. The lowest BCUT2D eigenvalue weighted by atomic mass is 10.2. The Bertz CT molecular complexity index is 390. The van der Waals surface area contributed by atoms with Gasteiger partial charge in [-0.15, -0.1) is 0 Å². The van der Waals surface area contributed by atoms with Gasteiger partial charge in [-0.05, 0) is 24.5 Å². The zero-order chi connectivity index (χ0) is 13.5. The number of anilines is 1. The number of nitrogens with one attached hydrogen (secondary N) is 1. The minimum absolute atomic E-state index is 0.462. The van der Waals surface area contributed by atoms with E-state index in [1.807, 2.05) is 31.2 Å². The molecule has 1 atom stereocenters. The second kappa shape index (κ2) is 6.89. The molecule has 2 N–H and O–H groups in total. The van der Waals surface area contributed by atoms with Crippen molar-refractivity contribution < 1.29 is 14.6 Å². The highest BCUT2D eigenvalue weighted by Crippen LogP contribution is 2.19. The van der Waals surface area contributed by atoms with Crippen molar-refractivity contribution in [1.82, 2.24) is 0 Å². The molecule has 1 aromatic carbocycles. The molecule has 0 spiro atoms. The molecule has 18 heavy (non-hydrogen) atoms. The SMILES string of the molecule is CCC(Nc1cccc(OCC(C)C)c1)C(=O)O. The number of rotatable bonds is 7. The first kappa shape index (κ1) is 14.4. The molecule has 0 radical (unpaired) electrons. The number of ether oxygens (including phenoxy) is 1. The summed E-state index contributed by atoms with van der Waals surface area (Å²) in [6, 6.07) is 6.83. The van der Waals surface area contributed by atoms with E-state index in [4.69, 9.17) is 9.84 Å². The van der Waals surface area contributed by atoms with Crippen LogP contribution in [-0.2, 0) is 4.79 Å². The number of hydrogen-bond donors (Lipinski definition) is 2. The van der Waals surface area contributed by atoms with E-state index < -0.39 is 12.0 Å². The van der Waals surface area contributed by atoms with E-state index in [1.165, 1.54) is 0 Å². The topological polar surface area (TPSA) is 58.6 Å². The molecule has 0 saturated heterocycles. The lowest BCUT2D eigenvalue weighted by molar-refractivity contribution is -0.137. The van der Waals surface area contributed by atoms with Gasteiger partial charge in [-0.1, -0.05) is 26.8 Å². The number of benzene rings is 1. The number of carbonyl (C=O) groups is 1. The molecule has 0 saturated carbocycles. The molecule has 0 aliphatic rings. The van der Waals surface area contributed by atoms with Crippen LogP contribution in [0.5, 0.6) is 5.75 Å². The van der Waals surface area contributed by atoms with Crippen molar-refractivity contribution in [2.45, 2.75) is 33.2 Å². The average molecular weight is 251 g/mol. The van der Waals surface area contributed by atoms with Gasteiger partial charge in [-0.3, -0.25) is 0 Å². The van der Waals surface area contributed by atoms with Crippen LogP contribution in [0.3, 0.4) is 0 Å². The maximum absolute atomic E-state index is 10.9. The van der Waals surface area contributed by atoms with Crippen LogP contribution in [0.1, 0.15) is 27.2 Å². The highest BCUT2D eigenvalue weighted by molar-refractivity contribution is 5.77. The van der Waals surface area contributed by atoms with Crippen LogP contribution < -0.4 is 10.1 Å². The Balaban J connectivity index is 2.66. The minimum atomic E-state index is -0.842. The van der Waals surface area contributed by atoms with E-state index >= 15 is 0 Å². The van der Waals surface area contributed by atoms with Gasteiger partial charge in [0.1, 0.15) is 11.8 Å². The van der Waals surface area contributed by atoms with Crippen molar-refractivity contribution in [1.29, 1.82) is 0 Å². The Hall–Kier alpha value is -1.71. The Labute approximate surface area is 108 Å². The summed E-state index contributed by atoms with van der Waals surface area (Å²) in [6.45, 7) is 6.66. The van der Waals surface area contributed by atoms with Gasteiger partial charge in [0.05, 0.1) is 6.61 Å². The van der Waals surface area contributed by atoms with Gasteiger partial charge in [0.25, 0.3) is 0 Å². The quantitative estimate of drug-likeness (QED) is 0.782. The first-order valence-corrected chi connectivity index (χ1v) is 6.25. The second-order valence-electron chi connectivity index (χ2n) is 4.68. The van der Waals surface area contributed by atoms with Gasteiger partial charge in [0, 0.05) is 11.8 Å². The fourth-order valence-electron chi connectivity index (χ4n) is 1.48. The minimum Gasteiger partial charge on any atom is -0.493 e. The maximum Gasteiger partial charge on any atom is 0.326 e. The van der Waals surface area contributed by atoms with Gasteiger partial charge >= 0.3 is 5.97 Å². The lowest BCUT2D eigenvalue weighted by Crippen LogP contribution is -2.28. The average Bonchev–Trinajstić information content (AvgIpc) is 2.33. The molecule has 0 aromatic heterocycles. The zero-order valence-corrected chi connectivity index (χ0v) is 11.1. The van der Waals surface area contributed by atoms with Crippen molar-refractivity contribution >= 4 is 11.7 Å². The largest absolute Gasteiger partial charge is 0.493 e. The summed E-state index contributed by atoms with van der Waals surface area (Å²) in [4.78, 5) is 10.9. The summed E-state index contributed by atoms with van der Waals surface area (Å²) < 4.78 is 5.60. The first-order chi connectivity index (χ1) is 8.52. The van der Waals surface area contributed by atoms with E-state index in [9.17, 15) is 4.79 Å². The summed E-state index contributed by atoms with van der Waals surface area (Å²) in [5.74, 6) is 0.379. The van der Waals surface area contributed by atoms with Crippen molar-refractivity contribution in [3.63, 3.8) is 0 Å². The van der Waals surface area contributed by atoms with E-state index in [0.29, 0.717) is 18.9 Å². The molecule has 1 unspecified atom stereocenters. The molecule has 1 aromatic rings. The van der Waals surface area contributed by atoms with Crippen LogP contribution in [0.4, 0.5) is 5.69 Å². The Morgan fingerprint density at radius 3 is 2.72 bits per heavy atom. The fraction of sp³-hybridized carbons (Fsp3) is 0.500. The van der Waals surface area contributed by atoms with E-state index in [0.717, 1.165) is 11.4 Å². The van der Waals surface area contributed by atoms with Gasteiger partial charge in [0.15, 0.2) is 0 Å². The van der Waals surface area contributed by atoms with E-state index in [2.05, 4.69) is 19.2 Å². The van der Waals surface area contributed by atoms with Crippen molar-refractivity contribution in [3.8, 4) is 5.75 Å². The van der Waals surface area contributed by atoms with Crippen LogP contribution in [0.15, 0.2) is 24.3 Å². The third-order valence-electron chi connectivity index (χ3n) is 2.46. The summed E-state index contributed by atoms with van der Waals surface area (Å²) in [7, 11) is 0. The number of carboxylic acids is 1. The normalized spacial score (nSPS) is 12.2. The third-order valence-corrected chi connectivity index (χ3v) is 2.46. The second-order valence-corrected chi connectivity index (χ2v) is 4.68. The Kier molecular flexibility index (Phi) is 5.49. The number of aliphatic carboxylic acids is 1. The van der Waals surface area contributed by atoms with Gasteiger partial charge in [0.2, 0.25) is 0 Å². The molecule has 0 heterocycles. The van der Waals surface area contributed by atoms with Crippen LogP contribution in [-0.4, -0.2) is 23.7 Å². The monoisotopic (exact) mass is 251 g/mol. The predicted octanol–water partition coefficient (Wildman–Crippen LogP) is 3.00. The van der Waals surface area contributed by atoms with Crippen LogP contribution in [0.25, 0.3) is 0 Å². The molecular weight excluding hydrogens is 230 g/mol. The highest BCUT2D eigenvalue weighted by Gasteiger charge is 2.14. The van der Waals surface area contributed by atoms with Gasteiger partial charge < -0.3 is 15.2 Å². The molecule has 1 rings (SSSR count). The molecule has 4 nitrogen and oxygen atoms in total. The smallest absolute Gasteiger partial charge is 0.326 e. The van der Waals surface area contributed by atoms with Crippen molar-refractivity contribution in [2.24, 2.45) is 5.92 Å². The standard InChI is InChI=1S/C14H21NO3/c1-4-13(14(16)17)15-11-6-5-7-12(8-11)18-9-10(2)3/h5-8,10,13,15H,4,9H2,1-3H3,(H,16,17). The molecule has 0 aliphatic carbocycles. The third kappa shape index (κ3) is 4.65. The van der Waals surface area contributed by atoms with Gasteiger partial charge in [-0.2, -0.15) is 0 Å². The van der Waals surface area contributed by atoms with Crippen LogP contribution in [0, 0.1) is 5.92 Å². The number of hydrogen-bond acceptors (Lipinski definition) is 3. The molecule has 0 bridgehead atoms. The Morgan fingerprint density at radius 2 is 2.17 bits per heavy atom. The molecule has 4 heteroatoms. The molecule has 0 amide bonds. The highest BCUT2D eigenvalue weighted by atomic mass is 16.5. The summed E-state index contributed by atoms with van der Waals surface area (Å²) in [5, 5.41) is 12.0. The molecule has 0 fully saturated rings. The van der Waals surface area contributed by atoms with E-state index in [-0.39, 0.29) is 0 Å². The Morgan fingerprint density at radius 1 is 1.44 bits per heavy atom.